The van der Waals surface area contributed by atoms with Crippen molar-refractivity contribution in [1.29, 1.82) is 0 Å². The zero-order valence-corrected chi connectivity index (χ0v) is 20.0. The summed E-state index contributed by atoms with van der Waals surface area (Å²) in [6.45, 7) is 0.696. The van der Waals surface area contributed by atoms with Crippen LogP contribution in [0.1, 0.15) is 38.8 Å². The molecule has 5 aromatic carbocycles. The van der Waals surface area contributed by atoms with Gasteiger partial charge in [0.25, 0.3) is 5.91 Å². The smallest absolute Gasteiger partial charge is 0.262 e. The average molecular weight is 467 g/mol. The molecule has 0 spiro atoms. The monoisotopic (exact) mass is 466 g/mol. The minimum absolute atomic E-state index is 0.0364. The Morgan fingerprint density at radius 1 is 0.667 bits per heavy atom. The minimum atomic E-state index is -0.278. The number of nitrogens with zero attached hydrogens (tertiary/aromatic N) is 2. The molecule has 0 radical (unpaired) electrons. The second kappa shape index (κ2) is 8.39. The molecule has 3 nitrogen and oxygen atoms in total. The van der Waals surface area contributed by atoms with E-state index in [0.717, 1.165) is 29.8 Å². The zero-order valence-electron chi connectivity index (χ0n) is 20.0. The van der Waals surface area contributed by atoms with Crippen LogP contribution in [0.25, 0.3) is 10.8 Å². The topological polar surface area (TPSA) is 23.6 Å². The van der Waals surface area contributed by atoms with Crippen molar-refractivity contribution in [3.8, 4) is 0 Å². The second-order valence-corrected chi connectivity index (χ2v) is 9.67. The predicted octanol–water partition coefficient (Wildman–Crippen LogP) is 7.30. The van der Waals surface area contributed by atoms with Crippen LogP contribution in [0.15, 0.2) is 115 Å². The van der Waals surface area contributed by atoms with Gasteiger partial charge in [-0.1, -0.05) is 91.0 Å². The SMILES string of the molecule is O=C1c2ccccc2N(Cc2ccccc2)[C@@H](c2ccc3c4c(cccc24)CC3)N1c1ccccc1. The molecule has 36 heavy (non-hydrogen) atoms. The molecule has 0 aromatic heterocycles. The van der Waals surface area contributed by atoms with E-state index in [0.29, 0.717) is 6.54 Å². The lowest BCUT2D eigenvalue weighted by Gasteiger charge is -2.46. The number of carbonyl (C=O) groups excluding carboxylic acids is 1. The number of aryl methyl sites for hydroxylation is 2. The highest BCUT2D eigenvalue weighted by Crippen LogP contribution is 2.45. The standard InChI is InChI=1S/C33H26N2O/c36-33-29-15-7-8-17-30(29)34(22-23-10-3-1-4-11-23)32(35(33)26-13-5-2-6-14-26)28-21-20-25-19-18-24-12-9-16-27(28)31(24)25/h1-17,20-21,32H,18-19,22H2/t32-/m1/s1. The molecule has 174 valence electrons. The maximum absolute atomic E-state index is 14.2. The summed E-state index contributed by atoms with van der Waals surface area (Å²) in [4.78, 5) is 18.6. The maximum Gasteiger partial charge on any atom is 0.262 e. The fraction of sp³-hybridized carbons (Fsp3) is 0.121. The highest BCUT2D eigenvalue weighted by Gasteiger charge is 2.40. The third kappa shape index (κ3) is 3.24. The Morgan fingerprint density at radius 3 is 2.17 bits per heavy atom. The number of anilines is 2. The highest BCUT2D eigenvalue weighted by molar-refractivity contribution is 6.13. The molecule has 0 bridgehead atoms. The van der Waals surface area contributed by atoms with Crippen LogP contribution in [0, 0.1) is 0 Å². The number of hydrogen-bond donors (Lipinski definition) is 0. The van der Waals surface area contributed by atoms with Crippen LogP contribution in [0.5, 0.6) is 0 Å². The van der Waals surface area contributed by atoms with Crippen molar-refractivity contribution < 1.29 is 4.79 Å². The molecule has 0 saturated heterocycles. The molecule has 0 unspecified atom stereocenters. The zero-order chi connectivity index (χ0) is 24.1. The minimum Gasteiger partial charge on any atom is -0.342 e. The van der Waals surface area contributed by atoms with Gasteiger partial charge < -0.3 is 4.90 Å². The van der Waals surface area contributed by atoms with E-state index in [-0.39, 0.29) is 12.1 Å². The van der Waals surface area contributed by atoms with E-state index in [4.69, 9.17) is 0 Å². The summed E-state index contributed by atoms with van der Waals surface area (Å²) in [6.07, 6.45) is 1.89. The molecule has 1 amide bonds. The summed E-state index contributed by atoms with van der Waals surface area (Å²) >= 11 is 0. The van der Waals surface area contributed by atoms with Gasteiger partial charge in [0.1, 0.15) is 6.17 Å². The quantitative estimate of drug-likeness (QED) is 0.277. The molecular weight excluding hydrogens is 440 g/mol. The van der Waals surface area contributed by atoms with E-state index in [1.807, 2.05) is 59.5 Å². The Morgan fingerprint density at radius 2 is 1.36 bits per heavy atom. The molecule has 3 heteroatoms. The van der Waals surface area contributed by atoms with Crippen molar-refractivity contribution in [3.63, 3.8) is 0 Å². The number of hydrogen-bond acceptors (Lipinski definition) is 2. The van der Waals surface area contributed by atoms with Crippen LogP contribution in [0.2, 0.25) is 0 Å². The van der Waals surface area contributed by atoms with Gasteiger partial charge in [-0.15, -0.1) is 0 Å². The molecule has 7 rings (SSSR count). The molecule has 2 aliphatic rings. The lowest BCUT2D eigenvalue weighted by molar-refractivity contribution is 0.0968. The first-order chi connectivity index (χ1) is 17.8. The number of benzene rings is 5. The Balaban J connectivity index is 1.51. The molecular formula is C33H26N2O. The van der Waals surface area contributed by atoms with Gasteiger partial charge in [0.2, 0.25) is 0 Å². The fourth-order valence-corrected chi connectivity index (χ4v) is 6.02. The van der Waals surface area contributed by atoms with Gasteiger partial charge >= 0.3 is 0 Å². The second-order valence-electron chi connectivity index (χ2n) is 9.67. The Labute approximate surface area is 211 Å². The normalized spacial score (nSPS) is 16.4. The molecule has 0 saturated carbocycles. The molecule has 1 aliphatic carbocycles. The van der Waals surface area contributed by atoms with Gasteiger partial charge in [-0.2, -0.15) is 0 Å². The van der Waals surface area contributed by atoms with E-state index in [9.17, 15) is 4.79 Å². The first kappa shape index (κ1) is 21.0. The number of carbonyl (C=O) groups is 1. The molecule has 0 fully saturated rings. The fourth-order valence-electron chi connectivity index (χ4n) is 6.02. The molecule has 1 aliphatic heterocycles. The van der Waals surface area contributed by atoms with E-state index < -0.39 is 0 Å². The summed E-state index contributed by atoms with van der Waals surface area (Å²) in [7, 11) is 0. The van der Waals surface area contributed by atoms with Crippen LogP contribution in [0.4, 0.5) is 11.4 Å². The lowest BCUT2D eigenvalue weighted by atomic mass is 9.93. The van der Waals surface area contributed by atoms with Crippen LogP contribution in [-0.4, -0.2) is 5.91 Å². The highest BCUT2D eigenvalue weighted by atomic mass is 16.2. The maximum atomic E-state index is 14.2. The van der Waals surface area contributed by atoms with Crippen molar-refractivity contribution in [1.82, 2.24) is 0 Å². The van der Waals surface area contributed by atoms with E-state index >= 15 is 0 Å². The first-order valence-electron chi connectivity index (χ1n) is 12.6. The van der Waals surface area contributed by atoms with E-state index in [1.165, 1.54) is 33.0 Å². The van der Waals surface area contributed by atoms with E-state index in [1.54, 1.807) is 0 Å². The summed E-state index contributed by atoms with van der Waals surface area (Å²) in [5.41, 5.74) is 7.82. The van der Waals surface area contributed by atoms with Gasteiger partial charge in [0, 0.05) is 17.8 Å². The Hall–Kier alpha value is -4.37. The molecule has 0 N–H and O–H groups in total. The summed E-state index contributed by atoms with van der Waals surface area (Å²) in [5, 5.41) is 2.62. The summed E-state index contributed by atoms with van der Waals surface area (Å²) < 4.78 is 0. The van der Waals surface area contributed by atoms with Crippen molar-refractivity contribution in [2.75, 3.05) is 9.80 Å². The summed E-state index contributed by atoms with van der Waals surface area (Å²) in [5.74, 6) is 0.0364. The predicted molar refractivity (Wildman–Crippen MR) is 146 cm³/mol. The van der Waals surface area contributed by atoms with Gasteiger partial charge in [-0.25, -0.2) is 0 Å². The number of para-hydroxylation sites is 2. The number of amides is 1. The molecule has 5 aromatic rings. The van der Waals surface area contributed by atoms with Crippen molar-refractivity contribution in [3.05, 3.63) is 143 Å². The van der Waals surface area contributed by atoms with E-state index in [2.05, 4.69) is 65.6 Å². The summed E-state index contributed by atoms with van der Waals surface area (Å²) in [6, 6.07) is 39.9. The van der Waals surface area contributed by atoms with Gasteiger partial charge in [0.05, 0.1) is 11.3 Å². The van der Waals surface area contributed by atoms with Gasteiger partial charge in [0.15, 0.2) is 0 Å². The van der Waals surface area contributed by atoms with Crippen LogP contribution in [-0.2, 0) is 19.4 Å². The molecule has 1 heterocycles. The third-order valence-corrected chi connectivity index (χ3v) is 7.62. The van der Waals surface area contributed by atoms with Gasteiger partial charge in [-0.05, 0) is 64.6 Å². The Kier molecular flexibility index (Phi) is 4.88. The Bertz CT molecular complexity index is 1580. The largest absolute Gasteiger partial charge is 0.342 e. The average Bonchev–Trinajstić information content (AvgIpc) is 3.36. The van der Waals surface area contributed by atoms with Crippen LogP contribution < -0.4 is 9.80 Å². The van der Waals surface area contributed by atoms with Crippen molar-refractivity contribution in [2.24, 2.45) is 0 Å². The van der Waals surface area contributed by atoms with Crippen LogP contribution >= 0.6 is 0 Å². The van der Waals surface area contributed by atoms with Crippen LogP contribution in [0.3, 0.4) is 0 Å². The third-order valence-electron chi connectivity index (χ3n) is 7.62. The van der Waals surface area contributed by atoms with Gasteiger partial charge in [-0.3, -0.25) is 9.69 Å². The number of rotatable bonds is 4. The molecule has 1 atom stereocenters. The van der Waals surface area contributed by atoms with Crippen molar-refractivity contribution in [2.45, 2.75) is 25.6 Å². The number of fused-ring (bicyclic) bond motifs is 1. The lowest BCUT2D eigenvalue weighted by Crippen LogP contribution is -2.49. The first-order valence-corrected chi connectivity index (χ1v) is 12.6. The van der Waals surface area contributed by atoms with Crippen molar-refractivity contribution >= 4 is 28.1 Å².